The lowest BCUT2D eigenvalue weighted by atomic mass is 9.99. The van der Waals surface area contributed by atoms with Crippen LogP contribution in [0.1, 0.15) is 26.3 Å². The summed E-state index contributed by atoms with van der Waals surface area (Å²) in [5, 5.41) is 28.2. The second kappa shape index (κ2) is 7.16. The Morgan fingerprint density at radius 2 is 1.76 bits per heavy atom. The van der Waals surface area contributed by atoms with Crippen LogP contribution in [-0.2, 0) is 0 Å². The van der Waals surface area contributed by atoms with Crippen LogP contribution in [0.4, 0.5) is 5.69 Å². The van der Waals surface area contributed by atoms with Crippen molar-refractivity contribution in [3.05, 3.63) is 70.4 Å². The van der Waals surface area contributed by atoms with Crippen molar-refractivity contribution >= 4 is 37.5 Å². The largest absolute Gasteiger partial charge is 0.595 e. The first-order valence-electron chi connectivity index (χ1n) is 6.15. The Morgan fingerprint density at radius 3 is 2.33 bits per heavy atom. The third-order valence-electron chi connectivity index (χ3n) is 3.09. The molecule has 21 heavy (non-hydrogen) atoms. The van der Waals surface area contributed by atoms with Crippen molar-refractivity contribution in [1.29, 1.82) is 5.26 Å². The van der Waals surface area contributed by atoms with Gasteiger partial charge in [-0.15, -0.1) is 0 Å². The van der Waals surface area contributed by atoms with Crippen molar-refractivity contribution in [2.45, 2.75) is 9.65 Å². The number of quaternary nitrogens is 1. The van der Waals surface area contributed by atoms with Gasteiger partial charge in [-0.1, -0.05) is 68.3 Å². The molecule has 0 saturated carbocycles. The topological polar surface area (TPSA) is 71.5 Å². The van der Waals surface area contributed by atoms with E-state index in [-0.39, 0.29) is 15.3 Å². The van der Waals surface area contributed by atoms with E-state index in [1.165, 1.54) is 12.1 Å². The summed E-state index contributed by atoms with van der Waals surface area (Å²) in [6.45, 7) is 0. The zero-order chi connectivity index (χ0) is 15.4. The second-order valence-electron chi connectivity index (χ2n) is 4.43. The van der Waals surface area contributed by atoms with Crippen LogP contribution >= 0.6 is 31.9 Å². The predicted molar refractivity (Wildman–Crippen MR) is 86.7 cm³/mol. The maximum Gasteiger partial charge on any atom is 0.165 e. The molecular formula is C15H12Br2N2O2. The van der Waals surface area contributed by atoms with E-state index >= 15 is 0 Å². The van der Waals surface area contributed by atoms with Crippen molar-refractivity contribution in [2.24, 2.45) is 0 Å². The van der Waals surface area contributed by atoms with E-state index < -0.39 is 5.23 Å². The molecule has 0 spiro atoms. The molecule has 0 bridgehead atoms. The molecule has 2 aromatic carbocycles. The van der Waals surface area contributed by atoms with E-state index in [0.717, 1.165) is 11.1 Å². The van der Waals surface area contributed by atoms with Crippen molar-refractivity contribution in [3.63, 3.8) is 0 Å². The zero-order valence-corrected chi connectivity index (χ0v) is 14.0. The van der Waals surface area contributed by atoms with E-state index in [4.69, 9.17) is 5.21 Å². The molecule has 4 nitrogen and oxygen atoms in total. The van der Waals surface area contributed by atoms with Crippen LogP contribution < -0.4 is 5.23 Å². The Balaban J connectivity index is 2.35. The van der Waals surface area contributed by atoms with Crippen molar-refractivity contribution in [1.82, 2.24) is 0 Å². The number of nitrogens with zero attached hydrogens (tertiary/aromatic N) is 1. The fraction of sp³-hybridized carbons (Fsp3) is 0.133. The lowest BCUT2D eigenvalue weighted by Crippen LogP contribution is -2.99. The van der Waals surface area contributed by atoms with Crippen LogP contribution in [-0.4, -0.2) is 5.21 Å². The Morgan fingerprint density at radius 1 is 1.10 bits per heavy atom. The van der Waals surface area contributed by atoms with Gasteiger partial charge in [-0.2, -0.15) is 10.5 Å². The number of nitriles is 1. The number of hydrogen-bond acceptors (Lipinski definition) is 3. The predicted octanol–water partition coefficient (Wildman–Crippen LogP) is 3.53. The molecule has 108 valence electrons. The smallest absolute Gasteiger partial charge is 0.165 e. The van der Waals surface area contributed by atoms with Gasteiger partial charge in [-0.05, 0) is 11.1 Å². The lowest BCUT2D eigenvalue weighted by Gasteiger charge is -2.20. The zero-order valence-electron chi connectivity index (χ0n) is 10.8. The first-order chi connectivity index (χ1) is 10.0. The number of rotatable bonds is 4. The summed E-state index contributed by atoms with van der Waals surface area (Å²) < 4.78 is 0. The third kappa shape index (κ3) is 3.70. The van der Waals surface area contributed by atoms with Crippen LogP contribution in [0.5, 0.6) is 0 Å². The molecular weight excluding hydrogens is 400 g/mol. The summed E-state index contributed by atoms with van der Waals surface area (Å²) in [5.74, 6) is 0. The van der Waals surface area contributed by atoms with E-state index in [9.17, 15) is 10.5 Å². The maximum atomic E-state index is 11.0. The van der Waals surface area contributed by atoms with E-state index in [0.29, 0.717) is 5.56 Å². The molecule has 1 unspecified atom stereocenters. The number of alkyl halides is 2. The highest BCUT2D eigenvalue weighted by molar-refractivity contribution is 9.12. The van der Waals surface area contributed by atoms with Gasteiger partial charge < -0.3 is 5.21 Å². The third-order valence-corrected chi connectivity index (χ3v) is 5.88. The van der Waals surface area contributed by atoms with Crippen LogP contribution in [0.15, 0.2) is 48.5 Å². The van der Waals surface area contributed by atoms with Gasteiger partial charge in [0.15, 0.2) is 5.69 Å². The minimum absolute atomic E-state index is 0.0264. The summed E-state index contributed by atoms with van der Waals surface area (Å²) in [5.41, 5.74) is 2.30. The highest BCUT2D eigenvalue weighted by Gasteiger charge is 2.23. The molecule has 0 saturated heterocycles. The highest BCUT2D eigenvalue weighted by atomic mass is 79.9. The van der Waals surface area contributed by atoms with Crippen LogP contribution in [0.2, 0.25) is 0 Å². The summed E-state index contributed by atoms with van der Waals surface area (Å²) in [6.07, 6.45) is 0. The maximum absolute atomic E-state index is 11.0. The molecule has 2 N–H and O–H groups in total. The van der Waals surface area contributed by atoms with Gasteiger partial charge in [0, 0.05) is 12.1 Å². The monoisotopic (exact) mass is 410 g/mol. The Kier molecular flexibility index (Phi) is 5.51. The second-order valence-corrected chi connectivity index (χ2v) is 6.41. The molecule has 0 aliphatic rings. The Labute approximate surface area is 139 Å². The minimum Gasteiger partial charge on any atom is -0.595 e. The molecule has 0 aromatic heterocycles. The molecule has 0 aliphatic heterocycles. The fourth-order valence-electron chi connectivity index (χ4n) is 1.99. The summed E-state index contributed by atoms with van der Waals surface area (Å²) >= 11 is 7.22. The normalized spacial score (nSPS) is 15.0. The number of benzene rings is 2. The Bertz CT molecular complexity index is 656. The van der Waals surface area contributed by atoms with Gasteiger partial charge in [0.2, 0.25) is 0 Å². The van der Waals surface area contributed by atoms with Gasteiger partial charge >= 0.3 is 0 Å². The lowest BCUT2D eigenvalue weighted by molar-refractivity contribution is -0.991. The quantitative estimate of drug-likeness (QED) is 0.597. The molecule has 3 atom stereocenters. The van der Waals surface area contributed by atoms with Crippen LogP contribution in [0.3, 0.4) is 0 Å². The van der Waals surface area contributed by atoms with E-state index in [2.05, 4.69) is 37.9 Å². The molecule has 2 aromatic rings. The van der Waals surface area contributed by atoms with Gasteiger partial charge in [0.1, 0.15) is 0 Å². The number of nitrogens with one attached hydrogen (secondary N) is 1. The minimum atomic E-state index is -1.04. The van der Waals surface area contributed by atoms with Crippen molar-refractivity contribution in [2.75, 3.05) is 0 Å². The molecule has 0 fully saturated rings. The van der Waals surface area contributed by atoms with E-state index in [1.54, 1.807) is 6.07 Å². The van der Waals surface area contributed by atoms with Crippen molar-refractivity contribution in [3.8, 4) is 6.07 Å². The van der Waals surface area contributed by atoms with E-state index in [1.807, 2.05) is 30.3 Å². The van der Waals surface area contributed by atoms with Gasteiger partial charge in [-0.25, -0.2) is 5.21 Å². The van der Waals surface area contributed by atoms with Gasteiger partial charge in [-0.3, -0.25) is 0 Å². The number of halogens is 2. The summed E-state index contributed by atoms with van der Waals surface area (Å²) in [7, 11) is 0. The standard InChI is InChI=1S/C15H12Br2N2O2/c16-14(10-4-2-1-3-5-10)15(17)13-7-6-12(19(20)21)8-11(13)9-18/h1-8,14-15,19-20H/t14-,15+/m1/s1. The molecule has 2 rings (SSSR count). The summed E-state index contributed by atoms with van der Waals surface area (Å²) in [6, 6.07) is 16.5. The summed E-state index contributed by atoms with van der Waals surface area (Å²) in [4.78, 5) is -0.168. The number of hydrogen-bond donors (Lipinski definition) is 2. The van der Waals surface area contributed by atoms with Gasteiger partial charge in [0.05, 0.1) is 21.3 Å². The first kappa shape index (κ1) is 16.1. The molecule has 0 radical (unpaired) electrons. The first-order valence-corrected chi connectivity index (χ1v) is 7.98. The van der Waals surface area contributed by atoms with Crippen molar-refractivity contribution < 1.29 is 10.4 Å². The van der Waals surface area contributed by atoms with Crippen LogP contribution in [0.25, 0.3) is 0 Å². The van der Waals surface area contributed by atoms with Gasteiger partial charge in [0.25, 0.3) is 0 Å². The molecule has 0 aliphatic carbocycles. The average Bonchev–Trinajstić information content (AvgIpc) is 2.53. The van der Waals surface area contributed by atoms with Crippen LogP contribution in [0, 0.1) is 16.5 Å². The molecule has 0 amide bonds. The SMILES string of the molecule is N#Cc1cc([NH+]([O-])O)ccc1[C@H](Br)[C@H](Br)c1ccccc1. The molecule has 6 heteroatoms. The fourth-order valence-corrected chi connectivity index (χ4v) is 3.28. The average molecular weight is 412 g/mol. The molecule has 0 heterocycles. The Hall–Kier alpha value is -1.23. The highest BCUT2D eigenvalue weighted by Crippen LogP contribution is 2.43.